The van der Waals surface area contributed by atoms with Gasteiger partial charge in [0.25, 0.3) is 5.91 Å². The summed E-state index contributed by atoms with van der Waals surface area (Å²) in [6, 6.07) is 12.3. The van der Waals surface area contributed by atoms with E-state index in [0.29, 0.717) is 12.6 Å². The fraction of sp³-hybridized carbons (Fsp3) is 0.389. The fourth-order valence-corrected chi connectivity index (χ4v) is 3.88. The van der Waals surface area contributed by atoms with Crippen molar-refractivity contribution >= 4 is 17.2 Å². The van der Waals surface area contributed by atoms with E-state index in [0.717, 1.165) is 24.2 Å². The average molecular weight is 314 g/mol. The number of likely N-dealkylation sites (tertiary alicyclic amines) is 1. The van der Waals surface area contributed by atoms with E-state index in [1.165, 1.54) is 17.7 Å². The molecule has 1 fully saturated rings. The Morgan fingerprint density at radius 1 is 1.27 bits per heavy atom. The standard InChI is InChI=1S/C18H22N2OS/c1-14-6-4-7-15(12-14)18(21)19-13-16(17-8-5-11-22-17)20-9-2-3-10-20/h4-8,11-12,16H,2-3,9-10,13H2,1H3,(H,19,21). The van der Waals surface area contributed by atoms with Crippen molar-refractivity contribution in [1.29, 1.82) is 0 Å². The van der Waals surface area contributed by atoms with Gasteiger partial charge < -0.3 is 5.32 Å². The Hall–Kier alpha value is -1.65. The van der Waals surface area contributed by atoms with Gasteiger partial charge in [-0.25, -0.2) is 0 Å². The third kappa shape index (κ3) is 3.57. The molecule has 1 amide bonds. The average Bonchev–Trinajstić information content (AvgIpc) is 3.21. The molecule has 0 saturated carbocycles. The van der Waals surface area contributed by atoms with E-state index in [1.54, 1.807) is 11.3 Å². The zero-order chi connectivity index (χ0) is 15.4. The number of carbonyl (C=O) groups is 1. The normalized spacial score (nSPS) is 16.6. The van der Waals surface area contributed by atoms with Crippen LogP contribution in [0.3, 0.4) is 0 Å². The van der Waals surface area contributed by atoms with Gasteiger partial charge in [0.1, 0.15) is 0 Å². The Bertz CT molecular complexity index is 618. The Morgan fingerprint density at radius 3 is 2.77 bits per heavy atom. The Morgan fingerprint density at radius 2 is 2.09 bits per heavy atom. The van der Waals surface area contributed by atoms with Gasteiger partial charge in [-0.2, -0.15) is 0 Å². The van der Waals surface area contributed by atoms with Gasteiger partial charge >= 0.3 is 0 Å². The number of benzene rings is 1. The van der Waals surface area contributed by atoms with Crippen LogP contribution in [0, 0.1) is 6.92 Å². The summed E-state index contributed by atoms with van der Waals surface area (Å²) in [5.74, 6) is 0.0180. The smallest absolute Gasteiger partial charge is 0.251 e. The molecule has 0 aliphatic carbocycles. The van der Waals surface area contributed by atoms with Crippen LogP contribution in [-0.2, 0) is 0 Å². The van der Waals surface area contributed by atoms with Crippen LogP contribution in [0.5, 0.6) is 0 Å². The molecule has 1 N–H and O–H groups in total. The quantitative estimate of drug-likeness (QED) is 0.914. The molecule has 22 heavy (non-hydrogen) atoms. The van der Waals surface area contributed by atoms with E-state index in [-0.39, 0.29) is 5.91 Å². The predicted molar refractivity (Wildman–Crippen MR) is 91.4 cm³/mol. The van der Waals surface area contributed by atoms with E-state index in [2.05, 4.69) is 27.7 Å². The fourth-order valence-electron chi connectivity index (χ4n) is 3.02. The lowest BCUT2D eigenvalue weighted by molar-refractivity contribution is 0.0938. The van der Waals surface area contributed by atoms with Crippen molar-refractivity contribution in [2.45, 2.75) is 25.8 Å². The van der Waals surface area contributed by atoms with Gasteiger partial charge in [0.05, 0.1) is 6.04 Å². The van der Waals surface area contributed by atoms with Crippen LogP contribution in [0.15, 0.2) is 41.8 Å². The SMILES string of the molecule is Cc1cccc(C(=O)NCC(c2cccs2)N2CCCC2)c1. The first-order valence-electron chi connectivity index (χ1n) is 7.86. The summed E-state index contributed by atoms with van der Waals surface area (Å²) >= 11 is 1.77. The maximum absolute atomic E-state index is 12.4. The van der Waals surface area contributed by atoms with Crippen molar-refractivity contribution in [3.05, 3.63) is 57.8 Å². The van der Waals surface area contributed by atoms with Crippen LogP contribution < -0.4 is 5.32 Å². The van der Waals surface area contributed by atoms with Crippen molar-refractivity contribution in [2.75, 3.05) is 19.6 Å². The van der Waals surface area contributed by atoms with Crippen molar-refractivity contribution in [3.8, 4) is 0 Å². The zero-order valence-electron chi connectivity index (χ0n) is 12.9. The lowest BCUT2D eigenvalue weighted by Crippen LogP contribution is -2.36. The van der Waals surface area contributed by atoms with E-state index in [1.807, 2.05) is 31.2 Å². The molecule has 1 aromatic heterocycles. The van der Waals surface area contributed by atoms with Gasteiger partial charge in [0.15, 0.2) is 0 Å². The second kappa shape index (κ2) is 7.07. The Kier molecular flexibility index (Phi) is 4.90. The van der Waals surface area contributed by atoms with Gasteiger partial charge in [0, 0.05) is 17.0 Å². The number of nitrogens with zero attached hydrogens (tertiary/aromatic N) is 1. The summed E-state index contributed by atoms with van der Waals surface area (Å²) in [5.41, 5.74) is 1.85. The topological polar surface area (TPSA) is 32.3 Å². The summed E-state index contributed by atoms with van der Waals surface area (Å²) in [6.07, 6.45) is 2.52. The zero-order valence-corrected chi connectivity index (χ0v) is 13.7. The molecule has 2 aromatic rings. The van der Waals surface area contributed by atoms with Gasteiger partial charge in [-0.1, -0.05) is 23.8 Å². The maximum atomic E-state index is 12.4. The molecule has 0 bridgehead atoms. The molecule has 0 spiro atoms. The van der Waals surface area contributed by atoms with Crippen LogP contribution in [-0.4, -0.2) is 30.4 Å². The second-order valence-corrected chi connectivity index (χ2v) is 6.83. The summed E-state index contributed by atoms with van der Waals surface area (Å²) in [4.78, 5) is 16.2. The number of hydrogen-bond donors (Lipinski definition) is 1. The summed E-state index contributed by atoms with van der Waals surface area (Å²) < 4.78 is 0. The molecule has 3 rings (SSSR count). The molecule has 1 unspecified atom stereocenters. The maximum Gasteiger partial charge on any atom is 0.251 e. The molecular weight excluding hydrogens is 292 g/mol. The first-order valence-corrected chi connectivity index (χ1v) is 8.74. The monoisotopic (exact) mass is 314 g/mol. The van der Waals surface area contributed by atoms with E-state index < -0.39 is 0 Å². The van der Waals surface area contributed by atoms with Crippen LogP contribution in [0.2, 0.25) is 0 Å². The number of amides is 1. The van der Waals surface area contributed by atoms with E-state index in [4.69, 9.17) is 0 Å². The largest absolute Gasteiger partial charge is 0.350 e. The molecule has 4 heteroatoms. The minimum absolute atomic E-state index is 0.0180. The Balaban J connectivity index is 1.67. The highest BCUT2D eigenvalue weighted by Crippen LogP contribution is 2.27. The van der Waals surface area contributed by atoms with Crippen molar-refractivity contribution < 1.29 is 4.79 Å². The Labute approximate surface area is 136 Å². The third-order valence-corrected chi connectivity index (χ3v) is 5.16. The summed E-state index contributed by atoms with van der Waals surface area (Å²) in [5, 5.41) is 5.23. The molecule has 2 heterocycles. The number of hydrogen-bond acceptors (Lipinski definition) is 3. The lowest BCUT2D eigenvalue weighted by Gasteiger charge is -2.27. The highest BCUT2D eigenvalue weighted by molar-refractivity contribution is 7.10. The number of nitrogens with one attached hydrogen (secondary N) is 1. The molecule has 1 saturated heterocycles. The van der Waals surface area contributed by atoms with Gasteiger partial charge in [-0.3, -0.25) is 9.69 Å². The molecule has 0 radical (unpaired) electrons. The number of thiophene rings is 1. The number of rotatable bonds is 5. The van der Waals surface area contributed by atoms with Crippen LogP contribution in [0.25, 0.3) is 0 Å². The van der Waals surface area contributed by atoms with Crippen molar-refractivity contribution in [3.63, 3.8) is 0 Å². The predicted octanol–water partition coefficient (Wildman–Crippen LogP) is 3.62. The molecular formula is C18H22N2OS. The van der Waals surface area contributed by atoms with E-state index in [9.17, 15) is 4.79 Å². The minimum atomic E-state index is 0.0180. The van der Waals surface area contributed by atoms with Crippen molar-refractivity contribution in [1.82, 2.24) is 10.2 Å². The molecule has 1 atom stereocenters. The number of carbonyl (C=O) groups excluding carboxylic acids is 1. The van der Waals surface area contributed by atoms with Crippen LogP contribution >= 0.6 is 11.3 Å². The van der Waals surface area contributed by atoms with E-state index >= 15 is 0 Å². The first-order chi connectivity index (χ1) is 10.7. The number of aryl methyl sites for hydroxylation is 1. The molecule has 3 nitrogen and oxygen atoms in total. The lowest BCUT2D eigenvalue weighted by atomic mass is 10.1. The molecule has 116 valence electrons. The van der Waals surface area contributed by atoms with Crippen molar-refractivity contribution in [2.24, 2.45) is 0 Å². The molecule has 1 aliphatic rings. The van der Waals surface area contributed by atoms with Crippen LogP contribution in [0.4, 0.5) is 0 Å². The van der Waals surface area contributed by atoms with Gasteiger partial charge in [-0.05, 0) is 56.4 Å². The second-order valence-electron chi connectivity index (χ2n) is 5.85. The first kappa shape index (κ1) is 15.3. The summed E-state index contributed by atoms with van der Waals surface area (Å²) in [7, 11) is 0. The molecule has 1 aromatic carbocycles. The van der Waals surface area contributed by atoms with Gasteiger partial charge in [0.2, 0.25) is 0 Å². The minimum Gasteiger partial charge on any atom is -0.350 e. The molecule has 1 aliphatic heterocycles. The third-order valence-electron chi connectivity index (χ3n) is 4.19. The van der Waals surface area contributed by atoms with Crippen LogP contribution in [0.1, 0.15) is 39.7 Å². The summed E-state index contributed by atoms with van der Waals surface area (Å²) in [6.45, 7) is 4.94. The highest BCUT2D eigenvalue weighted by Gasteiger charge is 2.24. The van der Waals surface area contributed by atoms with Gasteiger partial charge in [-0.15, -0.1) is 11.3 Å². The highest BCUT2D eigenvalue weighted by atomic mass is 32.1.